The van der Waals surface area contributed by atoms with Crippen molar-refractivity contribution in [3.8, 4) is 5.75 Å². The lowest BCUT2D eigenvalue weighted by Crippen LogP contribution is -2.35. The maximum Gasteiger partial charge on any atom is 0.262 e. The van der Waals surface area contributed by atoms with Crippen molar-refractivity contribution in [3.63, 3.8) is 0 Å². The van der Waals surface area contributed by atoms with Gasteiger partial charge in [0.1, 0.15) is 11.6 Å². The van der Waals surface area contributed by atoms with E-state index in [0.29, 0.717) is 54.0 Å². The molecule has 0 bridgehead atoms. The Morgan fingerprint density at radius 2 is 1.74 bits per heavy atom. The van der Waals surface area contributed by atoms with Crippen molar-refractivity contribution < 1.29 is 17.9 Å². The summed E-state index contributed by atoms with van der Waals surface area (Å²) in [6.07, 6.45) is 2.27. The quantitative estimate of drug-likeness (QED) is 0.532. The molecule has 8 nitrogen and oxygen atoms in total. The molecule has 178 valence electrons. The maximum atomic E-state index is 12.9. The Bertz CT molecular complexity index is 1210. The van der Waals surface area contributed by atoms with Crippen LogP contribution in [0.1, 0.15) is 6.42 Å². The van der Waals surface area contributed by atoms with Crippen LogP contribution in [-0.2, 0) is 14.8 Å². The molecule has 4 rings (SSSR count). The van der Waals surface area contributed by atoms with Crippen LogP contribution in [-0.4, -0.2) is 56.4 Å². The van der Waals surface area contributed by atoms with Crippen LogP contribution >= 0.6 is 11.6 Å². The standard InChI is InChI=1S/C24H25ClN4O4S/c25-19-7-10-21(11-8-19)33-18-24(30)27-20-9-12-23(26-17-20)28-13-4-14-29(16-15-28)34(31,32)22-5-2-1-3-6-22/h1-3,5-12,17H,4,13-16,18H2,(H,27,30). The number of halogens is 1. The van der Waals surface area contributed by atoms with Crippen molar-refractivity contribution in [3.05, 3.63) is 77.9 Å². The van der Waals surface area contributed by atoms with E-state index < -0.39 is 10.0 Å². The fourth-order valence-corrected chi connectivity index (χ4v) is 5.25. The highest BCUT2D eigenvalue weighted by atomic mass is 35.5. The SMILES string of the molecule is O=C(COc1ccc(Cl)cc1)Nc1ccc(N2CCCN(S(=O)(=O)c3ccccc3)CC2)nc1. The van der Waals surface area contributed by atoms with Gasteiger partial charge in [0.2, 0.25) is 10.0 Å². The highest BCUT2D eigenvalue weighted by molar-refractivity contribution is 7.89. The van der Waals surface area contributed by atoms with Crippen molar-refractivity contribution in [1.82, 2.24) is 9.29 Å². The zero-order valence-corrected chi connectivity index (χ0v) is 20.0. The number of sulfonamides is 1. The number of nitrogens with zero attached hydrogens (tertiary/aromatic N) is 3. The molecule has 1 aliphatic heterocycles. The minimum atomic E-state index is -3.52. The Hall–Kier alpha value is -3.14. The van der Waals surface area contributed by atoms with E-state index in [1.807, 2.05) is 6.07 Å². The third kappa shape index (κ3) is 6.05. The summed E-state index contributed by atoms with van der Waals surface area (Å²) in [6, 6.07) is 18.8. The number of aromatic nitrogens is 1. The molecule has 34 heavy (non-hydrogen) atoms. The number of nitrogens with one attached hydrogen (secondary N) is 1. The van der Waals surface area contributed by atoms with Crippen LogP contribution < -0.4 is 15.0 Å². The molecular formula is C24H25ClN4O4S. The van der Waals surface area contributed by atoms with Gasteiger partial charge in [0.15, 0.2) is 6.61 Å². The van der Waals surface area contributed by atoms with Crippen LogP contribution in [0.25, 0.3) is 0 Å². The average molecular weight is 501 g/mol. The first kappa shape index (κ1) is 24.0. The van der Waals surface area contributed by atoms with Crippen LogP contribution in [0.2, 0.25) is 5.02 Å². The Morgan fingerprint density at radius 1 is 0.971 bits per heavy atom. The van der Waals surface area contributed by atoms with E-state index in [4.69, 9.17) is 16.3 Å². The molecule has 3 aromatic rings. The second kappa shape index (κ2) is 10.9. The predicted octanol–water partition coefficient (Wildman–Crippen LogP) is 3.65. The van der Waals surface area contributed by atoms with E-state index in [1.165, 1.54) is 4.31 Å². The molecular weight excluding hydrogens is 476 g/mol. The zero-order valence-electron chi connectivity index (χ0n) is 18.4. The zero-order chi connectivity index (χ0) is 24.0. The summed E-state index contributed by atoms with van der Waals surface area (Å²) in [5.74, 6) is 0.980. The lowest BCUT2D eigenvalue weighted by Gasteiger charge is -2.23. The van der Waals surface area contributed by atoms with E-state index in [2.05, 4.69) is 15.2 Å². The van der Waals surface area contributed by atoms with Crippen molar-refractivity contribution in [2.24, 2.45) is 0 Å². The van der Waals surface area contributed by atoms with Crippen LogP contribution in [0, 0.1) is 0 Å². The number of pyridine rings is 1. The first-order chi connectivity index (χ1) is 16.4. The Kier molecular flexibility index (Phi) is 7.66. The highest BCUT2D eigenvalue weighted by Gasteiger charge is 2.27. The number of hydrogen-bond donors (Lipinski definition) is 1. The summed E-state index contributed by atoms with van der Waals surface area (Å²) in [5, 5.41) is 3.35. The molecule has 1 N–H and O–H groups in total. The Morgan fingerprint density at radius 3 is 2.44 bits per heavy atom. The number of rotatable bonds is 7. The van der Waals surface area contributed by atoms with Gasteiger partial charge in [-0.25, -0.2) is 13.4 Å². The number of carbonyl (C=O) groups is 1. The molecule has 10 heteroatoms. The third-order valence-electron chi connectivity index (χ3n) is 5.38. The van der Waals surface area contributed by atoms with Gasteiger partial charge in [-0.15, -0.1) is 0 Å². The number of anilines is 2. The van der Waals surface area contributed by atoms with Gasteiger partial charge in [-0.3, -0.25) is 4.79 Å². The molecule has 1 amide bonds. The molecule has 0 saturated carbocycles. The van der Waals surface area contributed by atoms with Gasteiger partial charge in [0, 0.05) is 31.2 Å². The topological polar surface area (TPSA) is 91.8 Å². The van der Waals surface area contributed by atoms with Gasteiger partial charge in [-0.05, 0) is 55.0 Å². The molecule has 0 spiro atoms. The lowest BCUT2D eigenvalue weighted by atomic mass is 10.3. The molecule has 0 aliphatic carbocycles. The average Bonchev–Trinajstić information content (AvgIpc) is 3.12. The van der Waals surface area contributed by atoms with Crippen molar-refractivity contribution >= 4 is 39.0 Å². The Labute approximate surface area is 204 Å². The van der Waals surface area contributed by atoms with E-state index in [0.717, 1.165) is 5.82 Å². The number of carbonyl (C=O) groups excluding carboxylic acids is 1. The van der Waals surface area contributed by atoms with E-state index in [-0.39, 0.29) is 12.5 Å². The minimum absolute atomic E-state index is 0.138. The molecule has 2 aromatic carbocycles. The van der Waals surface area contributed by atoms with Gasteiger partial charge in [-0.1, -0.05) is 29.8 Å². The second-order valence-electron chi connectivity index (χ2n) is 7.75. The van der Waals surface area contributed by atoms with Crippen molar-refractivity contribution in [2.45, 2.75) is 11.3 Å². The molecule has 1 aliphatic rings. The van der Waals surface area contributed by atoms with Crippen LogP contribution in [0.15, 0.2) is 77.8 Å². The number of benzene rings is 2. The summed E-state index contributed by atoms with van der Waals surface area (Å²) >= 11 is 5.84. The molecule has 1 fully saturated rings. The first-order valence-corrected chi connectivity index (χ1v) is 12.7. The fourth-order valence-electron chi connectivity index (χ4n) is 3.63. The van der Waals surface area contributed by atoms with E-state index in [1.54, 1.807) is 66.9 Å². The second-order valence-corrected chi connectivity index (χ2v) is 10.1. The Balaban J connectivity index is 1.31. The largest absolute Gasteiger partial charge is 0.484 e. The van der Waals surface area contributed by atoms with Gasteiger partial charge in [0.05, 0.1) is 16.8 Å². The maximum absolute atomic E-state index is 12.9. The highest BCUT2D eigenvalue weighted by Crippen LogP contribution is 2.21. The third-order valence-corrected chi connectivity index (χ3v) is 7.54. The van der Waals surface area contributed by atoms with Gasteiger partial charge in [0.25, 0.3) is 5.91 Å². The summed E-state index contributed by atoms with van der Waals surface area (Å²) in [7, 11) is -3.52. The fraction of sp³-hybridized carbons (Fsp3) is 0.250. The molecule has 1 saturated heterocycles. The summed E-state index contributed by atoms with van der Waals surface area (Å²) in [6.45, 7) is 1.91. The van der Waals surface area contributed by atoms with Crippen molar-refractivity contribution in [2.75, 3.05) is 43.0 Å². The monoisotopic (exact) mass is 500 g/mol. The molecule has 0 unspecified atom stereocenters. The van der Waals surface area contributed by atoms with Crippen LogP contribution in [0.3, 0.4) is 0 Å². The smallest absolute Gasteiger partial charge is 0.262 e. The van der Waals surface area contributed by atoms with E-state index >= 15 is 0 Å². The minimum Gasteiger partial charge on any atom is -0.484 e. The summed E-state index contributed by atoms with van der Waals surface area (Å²) in [4.78, 5) is 19.0. The molecule has 2 heterocycles. The summed E-state index contributed by atoms with van der Waals surface area (Å²) < 4.78 is 32.8. The van der Waals surface area contributed by atoms with Gasteiger partial charge < -0.3 is 15.0 Å². The molecule has 1 aromatic heterocycles. The number of ether oxygens (including phenoxy) is 1. The normalized spacial score (nSPS) is 14.9. The predicted molar refractivity (Wildman–Crippen MR) is 132 cm³/mol. The summed E-state index contributed by atoms with van der Waals surface area (Å²) in [5.41, 5.74) is 0.552. The molecule has 0 atom stereocenters. The van der Waals surface area contributed by atoms with Crippen LogP contribution in [0.5, 0.6) is 5.75 Å². The van der Waals surface area contributed by atoms with Gasteiger partial charge in [-0.2, -0.15) is 4.31 Å². The number of hydrogen-bond acceptors (Lipinski definition) is 6. The number of amides is 1. The van der Waals surface area contributed by atoms with Gasteiger partial charge >= 0.3 is 0 Å². The first-order valence-electron chi connectivity index (χ1n) is 10.9. The lowest BCUT2D eigenvalue weighted by molar-refractivity contribution is -0.118. The van der Waals surface area contributed by atoms with E-state index in [9.17, 15) is 13.2 Å². The van der Waals surface area contributed by atoms with Crippen molar-refractivity contribution in [1.29, 1.82) is 0 Å². The van der Waals surface area contributed by atoms with Crippen LogP contribution in [0.4, 0.5) is 11.5 Å². The molecule has 0 radical (unpaired) electrons.